The van der Waals surface area contributed by atoms with Crippen molar-refractivity contribution in [2.45, 2.75) is 26.2 Å². The smallest absolute Gasteiger partial charge is 0.102 e. The zero-order valence-corrected chi connectivity index (χ0v) is 10.3. The summed E-state index contributed by atoms with van der Waals surface area (Å²) in [7, 11) is 2.30. The SMILES string of the molecule is CCCCCOCC[N+]1(C)CCOCC1. The van der Waals surface area contributed by atoms with Crippen LogP contribution in [0.3, 0.4) is 0 Å². The standard InChI is InChI=1S/C12H26NO2/c1-3-4-5-9-14-10-6-13(2)7-11-15-12-8-13/h3-12H2,1-2H3/q+1. The van der Waals surface area contributed by atoms with Crippen LogP contribution in [0, 0.1) is 0 Å². The minimum Gasteiger partial charge on any atom is -0.376 e. The predicted octanol–water partition coefficient (Wildman–Crippen LogP) is 1.67. The van der Waals surface area contributed by atoms with E-state index >= 15 is 0 Å². The van der Waals surface area contributed by atoms with Gasteiger partial charge in [-0.2, -0.15) is 0 Å². The largest absolute Gasteiger partial charge is 0.376 e. The van der Waals surface area contributed by atoms with Gasteiger partial charge in [-0.25, -0.2) is 0 Å². The maximum absolute atomic E-state index is 5.65. The topological polar surface area (TPSA) is 18.5 Å². The van der Waals surface area contributed by atoms with E-state index in [1.807, 2.05) is 0 Å². The number of rotatable bonds is 7. The third kappa shape index (κ3) is 5.50. The summed E-state index contributed by atoms with van der Waals surface area (Å²) in [5.74, 6) is 0. The number of likely N-dealkylation sites (N-methyl/N-ethyl adjacent to an activating group) is 1. The zero-order chi connectivity index (χ0) is 11.0. The molecule has 0 aliphatic carbocycles. The summed E-state index contributed by atoms with van der Waals surface area (Å²) in [5, 5.41) is 0. The van der Waals surface area contributed by atoms with Gasteiger partial charge in [0.05, 0.1) is 26.9 Å². The van der Waals surface area contributed by atoms with Gasteiger partial charge in [-0.1, -0.05) is 19.8 Å². The molecular formula is C12H26NO2+. The van der Waals surface area contributed by atoms with E-state index < -0.39 is 0 Å². The Bertz CT molecular complexity index is 156. The molecular weight excluding hydrogens is 190 g/mol. The average Bonchev–Trinajstić information content (AvgIpc) is 2.24. The third-order valence-corrected chi connectivity index (χ3v) is 3.22. The molecule has 0 aromatic rings. The van der Waals surface area contributed by atoms with Gasteiger partial charge in [0.25, 0.3) is 0 Å². The molecule has 1 fully saturated rings. The molecule has 15 heavy (non-hydrogen) atoms. The molecule has 1 saturated heterocycles. The summed E-state index contributed by atoms with van der Waals surface area (Å²) >= 11 is 0. The summed E-state index contributed by atoms with van der Waals surface area (Å²) in [6, 6.07) is 0. The molecule has 1 aliphatic heterocycles. The Morgan fingerprint density at radius 2 is 1.87 bits per heavy atom. The van der Waals surface area contributed by atoms with Crippen LogP contribution in [0.5, 0.6) is 0 Å². The first-order valence-electron chi connectivity index (χ1n) is 6.26. The van der Waals surface area contributed by atoms with Crippen LogP contribution < -0.4 is 0 Å². The van der Waals surface area contributed by atoms with Crippen molar-refractivity contribution in [1.29, 1.82) is 0 Å². The second-order valence-electron chi connectivity index (χ2n) is 4.72. The van der Waals surface area contributed by atoms with Crippen LogP contribution in [0.1, 0.15) is 26.2 Å². The third-order valence-electron chi connectivity index (χ3n) is 3.22. The number of quaternary nitrogens is 1. The molecule has 0 saturated carbocycles. The van der Waals surface area contributed by atoms with Crippen LogP contribution >= 0.6 is 0 Å². The first kappa shape index (κ1) is 12.9. The van der Waals surface area contributed by atoms with Gasteiger partial charge in [0.1, 0.15) is 19.6 Å². The van der Waals surface area contributed by atoms with Crippen LogP contribution in [0.2, 0.25) is 0 Å². The van der Waals surface area contributed by atoms with Crippen molar-refractivity contribution in [3.8, 4) is 0 Å². The molecule has 0 N–H and O–H groups in total. The fourth-order valence-corrected chi connectivity index (χ4v) is 1.85. The quantitative estimate of drug-likeness (QED) is 0.476. The lowest BCUT2D eigenvalue weighted by Gasteiger charge is -2.37. The minimum atomic E-state index is 0.903. The van der Waals surface area contributed by atoms with Crippen molar-refractivity contribution in [3.05, 3.63) is 0 Å². The summed E-state index contributed by atoms with van der Waals surface area (Å²) < 4.78 is 12.1. The van der Waals surface area contributed by atoms with Gasteiger partial charge >= 0.3 is 0 Å². The summed E-state index contributed by atoms with van der Waals surface area (Å²) in [6.07, 6.45) is 3.78. The van der Waals surface area contributed by atoms with Crippen molar-refractivity contribution < 1.29 is 14.0 Å². The lowest BCUT2D eigenvalue weighted by Crippen LogP contribution is -2.53. The average molecular weight is 216 g/mol. The lowest BCUT2D eigenvalue weighted by atomic mass is 10.3. The summed E-state index contributed by atoms with van der Waals surface area (Å²) in [5.41, 5.74) is 0. The Kier molecular flexibility index (Phi) is 6.22. The van der Waals surface area contributed by atoms with E-state index in [1.165, 1.54) is 19.3 Å². The van der Waals surface area contributed by atoms with E-state index in [2.05, 4.69) is 14.0 Å². The van der Waals surface area contributed by atoms with Crippen molar-refractivity contribution >= 4 is 0 Å². The van der Waals surface area contributed by atoms with Crippen molar-refractivity contribution in [1.82, 2.24) is 0 Å². The van der Waals surface area contributed by atoms with E-state index in [0.717, 1.165) is 50.5 Å². The lowest BCUT2D eigenvalue weighted by molar-refractivity contribution is -0.917. The van der Waals surface area contributed by atoms with Crippen LogP contribution in [0.15, 0.2) is 0 Å². The fraction of sp³-hybridized carbons (Fsp3) is 1.00. The Labute approximate surface area is 93.9 Å². The van der Waals surface area contributed by atoms with Gasteiger partial charge < -0.3 is 14.0 Å². The molecule has 0 aromatic carbocycles. The highest BCUT2D eigenvalue weighted by Gasteiger charge is 2.24. The molecule has 0 amide bonds. The van der Waals surface area contributed by atoms with Gasteiger partial charge in [0.2, 0.25) is 0 Å². The molecule has 3 nitrogen and oxygen atoms in total. The maximum Gasteiger partial charge on any atom is 0.102 e. The monoisotopic (exact) mass is 216 g/mol. The number of hydrogen-bond donors (Lipinski definition) is 0. The van der Waals surface area contributed by atoms with E-state index in [-0.39, 0.29) is 0 Å². The molecule has 0 unspecified atom stereocenters. The predicted molar refractivity (Wildman–Crippen MR) is 61.9 cm³/mol. The first-order chi connectivity index (χ1) is 7.27. The summed E-state index contributed by atoms with van der Waals surface area (Å²) in [4.78, 5) is 0. The molecule has 0 radical (unpaired) electrons. The molecule has 0 spiro atoms. The van der Waals surface area contributed by atoms with E-state index in [1.54, 1.807) is 0 Å². The fourth-order valence-electron chi connectivity index (χ4n) is 1.85. The van der Waals surface area contributed by atoms with Crippen LogP contribution in [-0.2, 0) is 9.47 Å². The Morgan fingerprint density at radius 3 is 2.53 bits per heavy atom. The van der Waals surface area contributed by atoms with E-state index in [4.69, 9.17) is 9.47 Å². The van der Waals surface area contributed by atoms with Crippen LogP contribution in [0.25, 0.3) is 0 Å². The number of nitrogens with zero attached hydrogens (tertiary/aromatic N) is 1. The second-order valence-corrected chi connectivity index (χ2v) is 4.72. The molecule has 1 rings (SSSR count). The molecule has 0 aromatic heterocycles. The Morgan fingerprint density at radius 1 is 1.13 bits per heavy atom. The number of hydrogen-bond acceptors (Lipinski definition) is 2. The van der Waals surface area contributed by atoms with Crippen LogP contribution in [0.4, 0.5) is 0 Å². The van der Waals surface area contributed by atoms with Gasteiger partial charge in [-0.15, -0.1) is 0 Å². The van der Waals surface area contributed by atoms with Crippen molar-refractivity contribution in [3.63, 3.8) is 0 Å². The Hall–Kier alpha value is -0.120. The van der Waals surface area contributed by atoms with Gasteiger partial charge in [-0.3, -0.25) is 0 Å². The number of ether oxygens (including phenoxy) is 2. The molecule has 1 heterocycles. The minimum absolute atomic E-state index is 0.903. The van der Waals surface area contributed by atoms with Gasteiger partial charge in [0, 0.05) is 6.61 Å². The number of morpholine rings is 1. The highest BCUT2D eigenvalue weighted by atomic mass is 16.5. The number of unbranched alkanes of at least 4 members (excludes halogenated alkanes) is 2. The maximum atomic E-state index is 5.65. The molecule has 0 bridgehead atoms. The van der Waals surface area contributed by atoms with E-state index in [9.17, 15) is 0 Å². The van der Waals surface area contributed by atoms with E-state index in [0.29, 0.717) is 0 Å². The first-order valence-corrected chi connectivity index (χ1v) is 6.26. The van der Waals surface area contributed by atoms with Gasteiger partial charge in [-0.05, 0) is 6.42 Å². The second kappa shape index (κ2) is 7.20. The normalized spacial score (nSPS) is 20.4. The van der Waals surface area contributed by atoms with Crippen LogP contribution in [-0.4, -0.2) is 57.6 Å². The summed E-state index contributed by atoms with van der Waals surface area (Å²) in [6.45, 7) is 9.29. The highest BCUT2D eigenvalue weighted by Crippen LogP contribution is 2.06. The van der Waals surface area contributed by atoms with Crippen molar-refractivity contribution in [2.24, 2.45) is 0 Å². The highest BCUT2D eigenvalue weighted by molar-refractivity contribution is 4.46. The zero-order valence-electron chi connectivity index (χ0n) is 10.3. The Balaban J connectivity index is 1.98. The van der Waals surface area contributed by atoms with Gasteiger partial charge in [0.15, 0.2) is 0 Å². The molecule has 0 atom stereocenters. The molecule has 1 aliphatic rings. The molecule has 90 valence electrons. The van der Waals surface area contributed by atoms with Crippen molar-refractivity contribution in [2.75, 3.05) is 53.1 Å². The molecule has 3 heteroatoms.